The predicted octanol–water partition coefficient (Wildman–Crippen LogP) is 1.62. The van der Waals surface area contributed by atoms with E-state index < -0.39 is 6.10 Å². The summed E-state index contributed by atoms with van der Waals surface area (Å²) in [5, 5.41) is 13.2. The molecule has 0 bridgehead atoms. The molecule has 0 saturated heterocycles. The molecule has 6 nitrogen and oxygen atoms in total. The lowest BCUT2D eigenvalue weighted by molar-refractivity contribution is -0.122. The normalized spacial score (nSPS) is 12.5. The standard InChI is InChI=1S/C18H25N3O3/c1-4-13(5-2)15(22)9-19-16(23)10-21-11-20-17-12(3)7-6-8-14(17)18(21)24/h6-8,11,13,15,22H,4-5,9-10H2,1-3H3,(H,19,23). The van der Waals surface area contributed by atoms with E-state index in [1.807, 2.05) is 26.8 Å². The van der Waals surface area contributed by atoms with Crippen LogP contribution in [0.3, 0.4) is 0 Å². The van der Waals surface area contributed by atoms with Crippen LogP contribution in [0.4, 0.5) is 0 Å². The Morgan fingerprint density at radius 1 is 1.33 bits per heavy atom. The Bertz CT molecular complexity index is 766. The molecular weight excluding hydrogens is 306 g/mol. The Morgan fingerprint density at radius 3 is 2.71 bits per heavy atom. The van der Waals surface area contributed by atoms with Crippen LogP contribution >= 0.6 is 0 Å². The Morgan fingerprint density at radius 2 is 2.04 bits per heavy atom. The van der Waals surface area contributed by atoms with Gasteiger partial charge in [0.25, 0.3) is 5.56 Å². The van der Waals surface area contributed by atoms with Crippen LogP contribution in [0, 0.1) is 12.8 Å². The number of aryl methyl sites for hydroxylation is 1. The van der Waals surface area contributed by atoms with Crippen LogP contribution < -0.4 is 10.9 Å². The van der Waals surface area contributed by atoms with Crippen LogP contribution in [-0.2, 0) is 11.3 Å². The summed E-state index contributed by atoms with van der Waals surface area (Å²) in [6, 6.07) is 5.41. The number of fused-ring (bicyclic) bond motifs is 1. The number of nitrogens with one attached hydrogen (secondary N) is 1. The molecule has 2 aromatic rings. The number of rotatable bonds is 7. The Hall–Kier alpha value is -2.21. The molecule has 2 N–H and O–H groups in total. The summed E-state index contributed by atoms with van der Waals surface area (Å²) in [6.45, 7) is 6.01. The van der Waals surface area contributed by atoms with Gasteiger partial charge in [0, 0.05) is 6.54 Å². The van der Waals surface area contributed by atoms with Crippen molar-refractivity contribution in [2.45, 2.75) is 46.3 Å². The summed E-state index contributed by atoms with van der Waals surface area (Å²) < 4.78 is 1.29. The SMILES string of the molecule is CCC(CC)C(O)CNC(=O)Cn1cnc2c(C)cccc2c1=O. The lowest BCUT2D eigenvalue weighted by Gasteiger charge is -2.20. The fraction of sp³-hybridized carbons (Fsp3) is 0.500. The van der Waals surface area contributed by atoms with E-state index in [-0.39, 0.29) is 30.5 Å². The summed E-state index contributed by atoms with van der Waals surface area (Å²) in [4.78, 5) is 28.8. The van der Waals surface area contributed by atoms with Crippen LogP contribution in [-0.4, -0.2) is 33.2 Å². The number of para-hydroxylation sites is 1. The molecule has 1 unspecified atom stereocenters. The van der Waals surface area contributed by atoms with E-state index in [1.54, 1.807) is 12.1 Å². The molecule has 6 heteroatoms. The molecule has 130 valence electrons. The average Bonchev–Trinajstić information content (AvgIpc) is 2.57. The minimum absolute atomic E-state index is 0.106. The van der Waals surface area contributed by atoms with Gasteiger partial charge in [-0.05, 0) is 24.5 Å². The van der Waals surface area contributed by atoms with Gasteiger partial charge in [0.15, 0.2) is 0 Å². The number of benzene rings is 1. The maximum absolute atomic E-state index is 12.4. The number of carbonyl (C=O) groups is 1. The van der Waals surface area contributed by atoms with Crippen LogP contribution in [0.25, 0.3) is 10.9 Å². The fourth-order valence-electron chi connectivity index (χ4n) is 2.88. The third-order valence-electron chi connectivity index (χ3n) is 4.47. The first-order valence-corrected chi connectivity index (χ1v) is 8.37. The molecule has 1 aromatic heterocycles. The maximum Gasteiger partial charge on any atom is 0.261 e. The zero-order valence-electron chi connectivity index (χ0n) is 14.5. The van der Waals surface area contributed by atoms with Crippen molar-refractivity contribution in [2.24, 2.45) is 5.92 Å². The Balaban J connectivity index is 2.06. The predicted molar refractivity (Wildman–Crippen MR) is 93.8 cm³/mol. The van der Waals surface area contributed by atoms with Gasteiger partial charge in [-0.15, -0.1) is 0 Å². The molecule has 0 fully saturated rings. The molecule has 0 aliphatic heterocycles. The fourth-order valence-corrected chi connectivity index (χ4v) is 2.88. The number of hydrogen-bond acceptors (Lipinski definition) is 4. The van der Waals surface area contributed by atoms with Gasteiger partial charge in [0.2, 0.25) is 5.91 Å². The first kappa shape index (κ1) is 18.1. The van der Waals surface area contributed by atoms with Crippen molar-refractivity contribution in [2.75, 3.05) is 6.54 Å². The van der Waals surface area contributed by atoms with E-state index in [9.17, 15) is 14.7 Å². The van der Waals surface area contributed by atoms with E-state index in [2.05, 4.69) is 10.3 Å². The van der Waals surface area contributed by atoms with Gasteiger partial charge in [-0.1, -0.05) is 38.8 Å². The highest BCUT2D eigenvalue weighted by molar-refractivity contribution is 5.81. The van der Waals surface area contributed by atoms with Crippen molar-refractivity contribution >= 4 is 16.8 Å². The van der Waals surface area contributed by atoms with Crippen molar-refractivity contribution in [1.82, 2.24) is 14.9 Å². The third-order valence-corrected chi connectivity index (χ3v) is 4.47. The smallest absolute Gasteiger partial charge is 0.261 e. The molecule has 2 rings (SSSR count). The van der Waals surface area contributed by atoms with Crippen molar-refractivity contribution in [3.63, 3.8) is 0 Å². The quantitative estimate of drug-likeness (QED) is 0.807. The molecule has 1 amide bonds. The van der Waals surface area contributed by atoms with Gasteiger partial charge >= 0.3 is 0 Å². The van der Waals surface area contributed by atoms with Gasteiger partial charge < -0.3 is 10.4 Å². The average molecular weight is 331 g/mol. The molecule has 24 heavy (non-hydrogen) atoms. The van der Waals surface area contributed by atoms with E-state index in [0.29, 0.717) is 10.9 Å². The highest BCUT2D eigenvalue weighted by atomic mass is 16.3. The first-order valence-electron chi connectivity index (χ1n) is 8.37. The zero-order valence-corrected chi connectivity index (χ0v) is 14.5. The molecule has 1 atom stereocenters. The Labute approximate surface area is 141 Å². The second-order valence-corrected chi connectivity index (χ2v) is 6.10. The van der Waals surface area contributed by atoms with Gasteiger partial charge in [-0.2, -0.15) is 0 Å². The number of nitrogens with zero attached hydrogens (tertiary/aromatic N) is 2. The van der Waals surface area contributed by atoms with Crippen molar-refractivity contribution in [3.05, 3.63) is 40.4 Å². The highest BCUT2D eigenvalue weighted by Gasteiger charge is 2.16. The maximum atomic E-state index is 12.4. The number of aliphatic hydroxyl groups is 1. The van der Waals surface area contributed by atoms with Crippen LogP contribution in [0.15, 0.2) is 29.3 Å². The Kier molecular flexibility index (Phi) is 6.09. The number of aromatic nitrogens is 2. The third kappa shape index (κ3) is 4.00. The summed E-state index contributed by atoms with van der Waals surface area (Å²) in [5.41, 5.74) is 1.34. The van der Waals surface area contributed by atoms with E-state index >= 15 is 0 Å². The molecule has 1 heterocycles. The summed E-state index contributed by atoms with van der Waals surface area (Å²) in [7, 11) is 0. The van der Waals surface area contributed by atoms with Crippen molar-refractivity contribution in [1.29, 1.82) is 0 Å². The van der Waals surface area contributed by atoms with Gasteiger partial charge in [0.05, 0.1) is 23.3 Å². The molecule has 0 aliphatic carbocycles. The molecule has 0 saturated carbocycles. The van der Waals surface area contributed by atoms with Crippen LogP contribution in [0.1, 0.15) is 32.3 Å². The number of aliphatic hydroxyl groups excluding tert-OH is 1. The summed E-state index contributed by atoms with van der Waals surface area (Å²) >= 11 is 0. The molecular formula is C18H25N3O3. The van der Waals surface area contributed by atoms with Gasteiger partial charge in [-0.3, -0.25) is 14.2 Å². The minimum Gasteiger partial charge on any atom is -0.391 e. The lowest BCUT2D eigenvalue weighted by Crippen LogP contribution is -2.39. The highest BCUT2D eigenvalue weighted by Crippen LogP contribution is 2.12. The first-order chi connectivity index (χ1) is 11.5. The molecule has 0 spiro atoms. The van der Waals surface area contributed by atoms with E-state index in [0.717, 1.165) is 18.4 Å². The largest absolute Gasteiger partial charge is 0.391 e. The topological polar surface area (TPSA) is 84.2 Å². The van der Waals surface area contributed by atoms with Crippen LogP contribution in [0.2, 0.25) is 0 Å². The monoisotopic (exact) mass is 331 g/mol. The number of carbonyl (C=O) groups excluding carboxylic acids is 1. The molecule has 0 aliphatic rings. The molecule has 0 radical (unpaired) electrons. The zero-order chi connectivity index (χ0) is 17.7. The van der Waals surface area contributed by atoms with E-state index in [1.165, 1.54) is 10.9 Å². The van der Waals surface area contributed by atoms with Crippen molar-refractivity contribution < 1.29 is 9.90 Å². The second-order valence-electron chi connectivity index (χ2n) is 6.10. The lowest BCUT2D eigenvalue weighted by atomic mass is 9.96. The van der Waals surface area contributed by atoms with Crippen LogP contribution in [0.5, 0.6) is 0 Å². The number of hydrogen-bond donors (Lipinski definition) is 2. The van der Waals surface area contributed by atoms with Crippen molar-refractivity contribution in [3.8, 4) is 0 Å². The number of amides is 1. The van der Waals surface area contributed by atoms with E-state index in [4.69, 9.17) is 0 Å². The minimum atomic E-state index is -0.571. The molecule has 1 aromatic carbocycles. The second kappa shape index (κ2) is 8.06. The summed E-state index contributed by atoms with van der Waals surface area (Å²) in [6.07, 6.45) is 2.55. The summed E-state index contributed by atoms with van der Waals surface area (Å²) in [5.74, 6) is -0.144. The van der Waals surface area contributed by atoms with Gasteiger partial charge in [-0.25, -0.2) is 4.98 Å². The van der Waals surface area contributed by atoms with Gasteiger partial charge in [0.1, 0.15) is 6.54 Å².